The van der Waals surface area contributed by atoms with Crippen molar-refractivity contribution in [2.24, 2.45) is 0 Å². The van der Waals surface area contributed by atoms with Crippen molar-refractivity contribution < 1.29 is 13.2 Å². The summed E-state index contributed by atoms with van der Waals surface area (Å²) in [4.78, 5) is 0.320. The van der Waals surface area contributed by atoms with E-state index in [0.717, 1.165) is 11.1 Å². The highest BCUT2D eigenvalue weighted by molar-refractivity contribution is 7.92. The van der Waals surface area contributed by atoms with E-state index in [1.165, 1.54) is 4.31 Å². The molecule has 4 nitrogen and oxygen atoms in total. The lowest BCUT2D eigenvalue weighted by molar-refractivity contribution is 0.316. The third-order valence-corrected chi connectivity index (χ3v) is 5.84. The summed E-state index contributed by atoms with van der Waals surface area (Å²) >= 11 is 6.02. The molecule has 0 saturated heterocycles. The minimum absolute atomic E-state index is 0.267. The first kappa shape index (κ1) is 15.2. The van der Waals surface area contributed by atoms with Gasteiger partial charge < -0.3 is 4.74 Å². The molecule has 3 rings (SSSR count). The second kappa shape index (κ2) is 5.48. The van der Waals surface area contributed by atoms with Crippen LogP contribution in [0.3, 0.4) is 0 Å². The lowest BCUT2D eigenvalue weighted by Crippen LogP contribution is -2.38. The van der Waals surface area contributed by atoms with E-state index in [4.69, 9.17) is 16.3 Å². The van der Waals surface area contributed by atoms with E-state index in [2.05, 4.69) is 0 Å². The fourth-order valence-electron chi connectivity index (χ4n) is 2.52. The predicted octanol–water partition coefficient (Wildman–Crippen LogP) is 3.54. The zero-order valence-corrected chi connectivity index (χ0v) is 13.9. The minimum Gasteiger partial charge on any atom is -0.489 e. The van der Waals surface area contributed by atoms with Crippen LogP contribution < -0.4 is 9.04 Å². The van der Waals surface area contributed by atoms with Gasteiger partial charge in [-0.1, -0.05) is 23.7 Å². The fourth-order valence-corrected chi connectivity index (χ4v) is 4.45. The third-order valence-electron chi connectivity index (χ3n) is 3.65. The van der Waals surface area contributed by atoms with Gasteiger partial charge in [-0.2, -0.15) is 0 Å². The Bertz CT molecular complexity index is 833. The van der Waals surface area contributed by atoms with Crippen LogP contribution in [0.1, 0.15) is 11.1 Å². The van der Waals surface area contributed by atoms with Gasteiger partial charge in [-0.25, -0.2) is 8.42 Å². The van der Waals surface area contributed by atoms with Gasteiger partial charge in [-0.15, -0.1) is 0 Å². The molecule has 116 valence electrons. The summed E-state index contributed by atoms with van der Waals surface area (Å²) in [6.07, 6.45) is 0. The molecule has 0 fully saturated rings. The number of hydrogen-bond donors (Lipinski definition) is 0. The van der Waals surface area contributed by atoms with Crippen molar-refractivity contribution in [2.45, 2.75) is 18.7 Å². The standard InChI is InChI=1S/C16H16ClNO3S/c1-11-3-4-12(2)16(9-11)22(19,20)18-7-8-21-15-6-5-13(17)10-14(15)18/h3-6,9-10H,7-8H2,1-2H3. The molecule has 2 aromatic rings. The number of halogens is 1. The molecule has 0 bridgehead atoms. The zero-order chi connectivity index (χ0) is 15.9. The van der Waals surface area contributed by atoms with E-state index in [1.807, 2.05) is 19.1 Å². The Kier molecular flexibility index (Phi) is 3.78. The number of sulfonamides is 1. The van der Waals surface area contributed by atoms with Crippen LogP contribution in [0.4, 0.5) is 5.69 Å². The van der Waals surface area contributed by atoms with Crippen LogP contribution in [-0.2, 0) is 10.0 Å². The van der Waals surface area contributed by atoms with Crippen LogP contribution in [0.5, 0.6) is 5.75 Å². The molecule has 0 aliphatic carbocycles. The van der Waals surface area contributed by atoms with Crippen molar-refractivity contribution >= 4 is 27.3 Å². The molecular formula is C16H16ClNO3S. The molecule has 2 aromatic carbocycles. The van der Waals surface area contributed by atoms with E-state index in [1.54, 1.807) is 31.2 Å². The monoisotopic (exact) mass is 337 g/mol. The van der Waals surface area contributed by atoms with Crippen molar-refractivity contribution in [1.29, 1.82) is 0 Å². The van der Waals surface area contributed by atoms with E-state index in [9.17, 15) is 8.42 Å². The Hall–Kier alpha value is -1.72. The van der Waals surface area contributed by atoms with Gasteiger partial charge in [0.2, 0.25) is 0 Å². The minimum atomic E-state index is -3.65. The van der Waals surface area contributed by atoms with Gasteiger partial charge in [0.1, 0.15) is 12.4 Å². The molecule has 0 radical (unpaired) electrons. The largest absolute Gasteiger partial charge is 0.489 e. The summed E-state index contributed by atoms with van der Waals surface area (Å²) in [5, 5.41) is 0.477. The molecule has 0 atom stereocenters. The Morgan fingerprint density at radius 2 is 1.91 bits per heavy atom. The average molecular weight is 338 g/mol. The SMILES string of the molecule is Cc1ccc(C)c(S(=O)(=O)N2CCOc3ccc(Cl)cc32)c1. The van der Waals surface area contributed by atoms with Crippen molar-refractivity contribution in [3.05, 3.63) is 52.5 Å². The summed E-state index contributed by atoms with van der Waals surface area (Å²) in [7, 11) is -3.65. The Morgan fingerprint density at radius 3 is 2.68 bits per heavy atom. The van der Waals surface area contributed by atoms with Crippen LogP contribution in [0, 0.1) is 13.8 Å². The average Bonchev–Trinajstić information content (AvgIpc) is 2.48. The molecule has 0 aromatic heterocycles. The maximum atomic E-state index is 13.1. The van der Waals surface area contributed by atoms with Crippen molar-refractivity contribution in [1.82, 2.24) is 0 Å². The van der Waals surface area contributed by atoms with Crippen molar-refractivity contribution in [3.8, 4) is 5.75 Å². The molecule has 0 N–H and O–H groups in total. The smallest absolute Gasteiger partial charge is 0.264 e. The highest BCUT2D eigenvalue weighted by Gasteiger charge is 2.31. The Balaban J connectivity index is 2.15. The second-order valence-electron chi connectivity index (χ2n) is 5.31. The number of benzene rings is 2. The summed E-state index contributed by atoms with van der Waals surface area (Å²) in [5.74, 6) is 0.532. The number of rotatable bonds is 2. The van der Waals surface area contributed by atoms with Gasteiger partial charge in [0.05, 0.1) is 17.1 Å². The number of hydrogen-bond acceptors (Lipinski definition) is 3. The van der Waals surface area contributed by atoms with Gasteiger partial charge in [-0.3, -0.25) is 4.31 Å². The first-order valence-electron chi connectivity index (χ1n) is 6.92. The molecule has 0 saturated carbocycles. The van der Waals surface area contributed by atoms with Gasteiger partial charge in [0.25, 0.3) is 10.0 Å². The molecule has 22 heavy (non-hydrogen) atoms. The first-order valence-corrected chi connectivity index (χ1v) is 8.74. The number of fused-ring (bicyclic) bond motifs is 1. The molecule has 0 amide bonds. The van der Waals surface area contributed by atoms with Gasteiger partial charge in [0.15, 0.2) is 0 Å². The van der Waals surface area contributed by atoms with Gasteiger partial charge >= 0.3 is 0 Å². The summed E-state index contributed by atoms with van der Waals surface area (Å²) < 4.78 is 33.0. The normalized spacial score (nSPS) is 14.4. The third kappa shape index (κ3) is 2.55. The number of aryl methyl sites for hydroxylation is 2. The molecule has 1 aliphatic rings. The van der Waals surface area contributed by atoms with Crippen molar-refractivity contribution in [3.63, 3.8) is 0 Å². The molecule has 1 heterocycles. The maximum absolute atomic E-state index is 13.1. The van der Waals surface area contributed by atoms with Crippen LogP contribution in [0.25, 0.3) is 0 Å². The molecule has 0 unspecified atom stereocenters. The lowest BCUT2D eigenvalue weighted by atomic mass is 10.2. The number of nitrogens with zero attached hydrogens (tertiary/aromatic N) is 1. The Labute approximate surface area is 135 Å². The quantitative estimate of drug-likeness (QED) is 0.842. The van der Waals surface area contributed by atoms with E-state index in [-0.39, 0.29) is 6.54 Å². The highest BCUT2D eigenvalue weighted by atomic mass is 35.5. The van der Waals surface area contributed by atoms with E-state index < -0.39 is 10.0 Å². The molecule has 0 spiro atoms. The summed E-state index contributed by atoms with van der Waals surface area (Å²) in [6.45, 7) is 4.26. The van der Waals surface area contributed by atoms with Crippen LogP contribution in [0.15, 0.2) is 41.3 Å². The number of anilines is 1. The molecular weight excluding hydrogens is 322 g/mol. The highest BCUT2D eigenvalue weighted by Crippen LogP contribution is 2.37. The van der Waals surface area contributed by atoms with Crippen LogP contribution in [0.2, 0.25) is 5.02 Å². The summed E-state index contributed by atoms with van der Waals surface area (Å²) in [5.41, 5.74) is 2.11. The van der Waals surface area contributed by atoms with E-state index >= 15 is 0 Å². The predicted molar refractivity (Wildman–Crippen MR) is 87.4 cm³/mol. The Morgan fingerprint density at radius 1 is 1.14 bits per heavy atom. The molecule has 1 aliphatic heterocycles. The van der Waals surface area contributed by atoms with Crippen LogP contribution >= 0.6 is 11.6 Å². The second-order valence-corrected chi connectivity index (χ2v) is 7.57. The zero-order valence-electron chi connectivity index (χ0n) is 12.3. The van der Waals surface area contributed by atoms with E-state index in [0.29, 0.717) is 28.0 Å². The van der Waals surface area contributed by atoms with Gasteiger partial charge in [-0.05, 0) is 49.2 Å². The lowest BCUT2D eigenvalue weighted by Gasteiger charge is -2.31. The first-order chi connectivity index (χ1) is 10.4. The maximum Gasteiger partial charge on any atom is 0.264 e. The van der Waals surface area contributed by atoms with Crippen molar-refractivity contribution in [2.75, 3.05) is 17.5 Å². The fraction of sp³-hybridized carbons (Fsp3) is 0.250. The summed E-state index contributed by atoms with van der Waals surface area (Å²) in [6, 6.07) is 10.4. The topological polar surface area (TPSA) is 46.6 Å². The molecule has 6 heteroatoms. The number of ether oxygens (including phenoxy) is 1. The van der Waals surface area contributed by atoms with Gasteiger partial charge in [0, 0.05) is 5.02 Å². The van der Waals surface area contributed by atoms with Crippen LogP contribution in [-0.4, -0.2) is 21.6 Å².